The summed E-state index contributed by atoms with van der Waals surface area (Å²) in [6.45, 7) is 3.31. The van der Waals surface area contributed by atoms with E-state index in [0.717, 1.165) is 37.1 Å². The Morgan fingerprint density at radius 2 is 1.88 bits per heavy atom. The van der Waals surface area contributed by atoms with Gasteiger partial charge in [0.15, 0.2) is 0 Å². The lowest BCUT2D eigenvalue weighted by Gasteiger charge is -2.29. The molecule has 2 amide bonds. The van der Waals surface area contributed by atoms with E-state index in [1.54, 1.807) is 0 Å². The van der Waals surface area contributed by atoms with Gasteiger partial charge >= 0.3 is 0 Å². The number of hydrogen-bond acceptors (Lipinski definition) is 2. The number of hydrogen-bond donors (Lipinski definition) is 1. The van der Waals surface area contributed by atoms with Gasteiger partial charge in [-0.05, 0) is 48.1 Å². The first kappa shape index (κ1) is 18.2. The fourth-order valence-corrected chi connectivity index (χ4v) is 3.39. The van der Waals surface area contributed by atoms with Gasteiger partial charge in [-0.25, -0.2) is 0 Å². The molecule has 0 saturated heterocycles. The molecule has 26 heavy (non-hydrogen) atoms. The quantitative estimate of drug-likeness (QED) is 0.858. The highest BCUT2D eigenvalue weighted by molar-refractivity contribution is 5.90. The first-order chi connectivity index (χ1) is 12.7. The third-order valence-electron chi connectivity index (χ3n) is 4.87. The van der Waals surface area contributed by atoms with Gasteiger partial charge in [0.2, 0.25) is 11.8 Å². The molecule has 0 radical (unpaired) electrons. The smallest absolute Gasteiger partial charge is 0.224 e. The van der Waals surface area contributed by atoms with E-state index in [1.807, 2.05) is 42.2 Å². The van der Waals surface area contributed by atoms with Gasteiger partial charge in [0, 0.05) is 31.6 Å². The van der Waals surface area contributed by atoms with Crippen molar-refractivity contribution in [1.29, 1.82) is 0 Å². The van der Waals surface area contributed by atoms with Crippen LogP contribution in [0.4, 0.5) is 5.69 Å². The highest BCUT2D eigenvalue weighted by Gasteiger charge is 2.19. The molecular formula is C22H26N2O2. The molecular weight excluding hydrogens is 324 g/mol. The zero-order valence-electron chi connectivity index (χ0n) is 15.3. The Morgan fingerprint density at radius 1 is 1.08 bits per heavy atom. The SMILES string of the molecule is CCC(=O)N1CCc2ccc(NC(=O)CCCc3ccccc3)cc2C1. The van der Waals surface area contributed by atoms with Crippen molar-refractivity contribution in [2.24, 2.45) is 0 Å². The van der Waals surface area contributed by atoms with Crippen LogP contribution in [0.15, 0.2) is 48.5 Å². The maximum absolute atomic E-state index is 12.2. The Morgan fingerprint density at radius 3 is 2.65 bits per heavy atom. The van der Waals surface area contributed by atoms with Crippen molar-refractivity contribution in [2.45, 2.75) is 45.6 Å². The lowest BCUT2D eigenvalue weighted by atomic mass is 9.98. The summed E-state index contributed by atoms with van der Waals surface area (Å²) in [5.41, 5.74) is 4.49. The lowest BCUT2D eigenvalue weighted by molar-refractivity contribution is -0.131. The third-order valence-corrected chi connectivity index (χ3v) is 4.87. The van der Waals surface area contributed by atoms with Crippen molar-refractivity contribution in [3.05, 3.63) is 65.2 Å². The van der Waals surface area contributed by atoms with Gasteiger partial charge < -0.3 is 10.2 Å². The number of carbonyl (C=O) groups excluding carboxylic acids is 2. The van der Waals surface area contributed by atoms with Crippen molar-refractivity contribution < 1.29 is 9.59 Å². The minimum Gasteiger partial charge on any atom is -0.338 e. The van der Waals surface area contributed by atoms with Crippen LogP contribution in [0.3, 0.4) is 0 Å². The maximum Gasteiger partial charge on any atom is 0.224 e. The highest BCUT2D eigenvalue weighted by Crippen LogP contribution is 2.23. The van der Waals surface area contributed by atoms with Crippen molar-refractivity contribution in [2.75, 3.05) is 11.9 Å². The van der Waals surface area contributed by atoms with Crippen LogP contribution in [0.2, 0.25) is 0 Å². The molecule has 2 aromatic carbocycles. The second-order valence-corrected chi connectivity index (χ2v) is 6.79. The molecule has 0 atom stereocenters. The third kappa shape index (κ3) is 4.72. The monoisotopic (exact) mass is 350 g/mol. The molecule has 0 aromatic heterocycles. The predicted molar refractivity (Wildman–Crippen MR) is 104 cm³/mol. The number of nitrogens with zero attached hydrogens (tertiary/aromatic N) is 1. The van der Waals surface area contributed by atoms with Crippen LogP contribution in [0, 0.1) is 0 Å². The number of fused-ring (bicyclic) bond motifs is 1. The summed E-state index contributed by atoms with van der Waals surface area (Å²) >= 11 is 0. The average Bonchev–Trinajstić information content (AvgIpc) is 2.67. The molecule has 0 aliphatic carbocycles. The Kier molecular flexibility index (Phi) is 6.05. The fraction of sp³-hybridized carbons (Fsp3) is 0.364. The number of nitrogens with one attached hydrogen (secondary N) is 1. The molecule has 0 saturated carbocycles. The van der Waals surface area contributed by atoms with Crippen LogP contribution in [0.5, 0.6) is 0 Å². The summed E-state index contributed by atoms with van der Waals surface area (Å²) < 4.78 is 0. The minimum atomic E-state index is 0.0400. The molecule has 1 N–H and O–H groups in total. The zero-order chi connectivity index (χ0) is 18.4. The minimum absolute atomic E-state index is 0.0400. The second kappa shape index (κ2) is 8.65. The molecule has 136 valence electrons. The Bertz CT molecular complexity index is 771. The highest BCUT2D eigenvalue weighted by atomic mass is 16.2. The molecule has 0 fully saturated rings. The number of aryl methyl sites for hydroxylation is 1. The lowest BCUT2D eigenvalue weighted by Crippen LogP contribution is -2.35. The number of rotatable bonds is 6. The van der Waals surface area contributed by atoms with E-state index in [0.29, 0.717) is 19.4 Å². The normalized spacial score (nSPS) is 13.2. The van der Waals surface area contributed by atoms with Crippen molar-refractivity contribution in [1.82, 2.24) is 4.90 Å². The van der Waals surface area contributed by atoms with Crippen LogP contribution in [0.25, 0.3) is 0 Å². The second-order valence-electron chi connectivity index (χ2n) is 6.79. The van der Waals surface area contributed by atoms with Gasteiger partial charge in [-0.1, -0.05) is 43.3 Å². The number of benzene rings is 2. The van der Waals surface area contributed by atoms with Gasteiger partial charge in [-0.3, -0.25) is 9.59 Å². The van der Waals surface area contributed by atoms with E-state index in [2.05, 4.69) is 23.5 Å². The summed E-state index contributed by atoms with van der Waals surface area (Å²) in [4.78, 5) is 26.0. The van der Waals surface area contributed by atoms with Gasteiger partial charge in [-0.15, -0.1) is 0 Å². The summed E-state index contributed by atoms with van der Waals surface area (Å²) in [6, 6.07) is 16.3. The molecule has 0 unspecified atom stereocenters. The molecule has 3 rings (SSSR count). The molecule has 1 aliphatic heterocycles. The molecule has 0 spiro atoms. The summed E-state index contributed by atoms with van der Waals surface area (Å²) in [5.74, 6) is 0.226. The summed E-state index contributed by atoms with van der Waals surface area (Å²) in [7, 11) is 0. The van der Waals surface area contributed by atoms with Crippen molar-refractivity contribution in [3.8, 4) is 0 Å². The van der Waals surface area contributed by atoms with E-state index >= 15 is 0 Å². The van der Waals surface area contributed by atoms with E-state index in [1.165, 1.54) is 11.1 Å². The summed E-state index contributed by atoms with van der Waals surface area (Å²) in [5, 5.41) is 2.99. The van der Waals surface area contributed by atoms with Crippen LogP contribution in [-0.2, 0) is 29.0 Å². The molecule has 2 aromatic rings. The Labute approximate surface area is 155 Å². The largest absolute Gasteiger partial charge is 0.338 e. The van der Waals surface area contributed by atoms with Gasteiger partial charge in [-0.2, -0.15) is 0 Å². The number of carbonyl (C=O) groups is 2. The molecule has 1 heterocycles. The topological polar surface area (TPSA) is 49.4 Å². The number of anilines is 1. The summed E-state index contributed by atoms with van der Waals surface area (Å²) in [6.07, 6.45) is 3.66. The van der Waals surface area contributed by atoms with Crippen molar-refractivity contribution in [3.63, 3.8) is 0 Å². The van der Waals surface area contributed by atoms with E-state index in [-0.39, 0.29) is 11.8 Å². The first-order valence-corrected chi connectivity index (χ1v) is 9.39. The Balaban J connectivity index is 1.53. The van der Waals surface area contributed by atoms with Crippen molar-refractivity contribution >= 4 is 17.5 Å². The van der Waals surface area contributed by atoms with Crippen LogP contribution >= 0.6 is 0 Å². The fourth-order valence-electron chi connectivity index (χ4n) is 3.39. The van der Waals surface area contributed by atoms with E-state index < -0.39 is 0 Å². The standard InChI is InChI=1S/C22H26N2O2/c1-2-22(26)24-14-13-18-11-12-20(15-19(18)16-24)23-21(25)10-6-9-17-7-4-3-5-8-17/h3-5,7-8,11-12,15H,2,6,9-10,13-14,16H2,1H3,(H,23,25). The predicted octanol–water partition coefficient (Wildman–Crippen LogP) is 3.94. The molecule has 4 heteroatoms. The van der Waals surface area contributed by atoms with E-state index in [4.69, 9.17) is 0 Å². The molecule has 1 aliphatic rings. The number of amides is 2. The van der Waals surface area contributed by atoms with Crippen LogP contribution in [-0.4, -0.2) is 23.3 Å². The maximum atomic E-state index is 12.2. The van der Waals surface area contributed by atoms with E-state index in [9.17, 15) is 9.59 Å². The van der Waals surface area contributed by atoms with Gasteiger partial charge in [0.05, 0.1) is 0 Å². The van der Waals surface area contributed by atoms with Gasteiger partial charge in [0.25, 0.3) is 0 Å². The Hall–Kier alpha value is -2.62. The van der Waals surface area contributed by atoms with Crippen LogP contribution < -0.4 is 5.32 Å². The van der Waals surface area contributed by atoms with Crippen LogP contribution in [0.1, 0.15) is 42.9 Å². The molecule has 0 bridgehead atoms. The first-order valence-electron chi connectivity index (χ1n) is 9.39. The van der Waals surface area contributed by atoms with Gasteiger partial charge in [0.1, 0.15) is 0 Å². The average molecular weight is 350 g/mol. The zero-order valence-corrected chi connectivity index (χ0v) is 15.3. The molecule has 4 nitrogen and oxygen atoms in total.